The molecule has 96 valence electrons. The molecule has 1 aliphatic rings. The van der Waals surface area contributed by atoms with Crippen molar-refractivity contribution in [2.45, 2.75) is 31.8 Å². The average molecular weight is 244 g/mol. The van der Waals surface area contributed by atoms with Crippen molar-refractivity contribution in [2.75, 3.05) is 13.1 Å². The maximum Gasteiger partial charge on any atom is 0.137 e. The van der Waals surface area contributed by atoms with Crippen LogP contribution in [0, 0.1) is 0 Å². The predicted molar refractivity (Wildman–Crippen MR) is 72.3 cm³/mol. The quantitative estimate of drug-likeness (QED) is 0.889. The van der Waals surface area contributed by atoms with Gasteiger partial charge in [0, 0.05) is 37.6 Å². The fraction of sp³-hybridized carbons (Fsp3) is 0.500. The van der Waals surface area contributed by atoms with Gasteiger partial charge in [-0.1, -0.05) is 19.4 Å². The highest BCUT2D eigenvalue weighted by atomic mass is 15.3. The molecule has 1 fully saturated rings. The van der Waals surface area contributed by atoms with Gasteiger partial charge in [-0.2, -0.15) is 0 Å². The standard InChI is InChI=1S/C14H20N4/c1-2-6-14(15)10-17(11-14)8-12-9-18-7-4-3-5-13(18)16-12/h3-5,7,9H,2,6,8,10-11,15H2,1H3. The monoisotopic (exact) mass is 244 g/mol. The first-order chi connectivity index (χ1) is 8.68. The smallest absolute Gasteiger partial charge is 0.137 e. The molecule has 3 heterocycles. The lowest BCUT2D eigenvalue weighted by Crippen LogP contribution is -2.66. The number of fused-ring (bicyclic) bond motifs is 1. The molecule has 0 aliphatic carbocycles. The van der Waals surface area contributed by atoms with Gasteiger partial charge >= 0.3 is 0 Å². The molecule has 0 atom stereocenters. The van der Waals surface area contributed by atoms with Crippen LogP contribution in [0.4, 0.5) is 0 Å². The van der Waals surface area contributed by atoms with Crippen LogP contribution in [0.25, 0.3) is 5.65 Å². The van der Waals surface area contributed by atoms with Gasteiger partial charge in [-0.3, -0.25) is 4.90 Å². The number of aromatic nitrogens is 2. The van der Waals surface area contributed by atoms with Crippen LogP contribution >= 0.6 is 0 Å². The Bertz CT molecular complexity index is 506. The van der Waals surface area contributed by atoms with Crippen LogP contribution in [0.3, 0.4) is 0 Å². The predicted octanol–water partition coefficient (Wildman–Crippen LogP) is 1.65. The zero-order valence-electron chi connectivity index (χ0n) is 10.8. The van der Waals surface area contributed by atoms with E-state index in [-0.39, 0.29) is 5.54 Å². The van der Waals surface area contributed by atoms with E-state index >= 15 is 0 Å². The number of pyridine rings is 1. The van der Waals surface area contributed by atoms with E-state index < -0.39 is 0 Å². The second-order valence-electron chi connectivity index (χ2n) is 5.46. The Morgan fingerprint density at radius 1 is 1.39 bits per heavy atom. The Labute approximate surface area is 107 Å². The summed E-state index contributed by atoms with van der Waals surface area (Å²) in [6, 6.07) is 6.07. The van der Waals surface area contributed by atoms with Crippen LogP contribution in [0.15, 0.2) is 30.6 Å². The zero-order valence-corrected chi connectivity index (χ0v) is 10.8. The summed E-state index contributed by atoms with van der Waals surface area (Å²) in [6.07, 6.45) is 6.42. The summed E-state index contributed by atoms with van der Waals surface area (Å²) in [5.74, 6) is 0. The molecular formula is C14H20N4. The third kappa shape index (κ3) is 2.13. The molecule has 4 nitrogen and oxygen atoms in total. The number of imidazole rings is 1. The summed E-state index contributed by atoms with van der Waals surface area (Å²) in [6.45, 7) is 5.09. The van der Waals surface area contributed by atoms with Crippen molar-refractivity contribution < 1.29 is 0 Å². The fourth-order valence-corrected chi connectivity index (χ4v) is 2.90. The van der Waals surface area contributed by atoms with Crippen LogP contribution in [-0.4, -0.2) is 32.9 Å². The summed E-state index contributed by atoms with van der Waals surface area (Å²) in [5, 5.41) is 0. The highest BCUT2D eigenvalue weighted by Gasteiger charge is 2.38. The van der Waals surface area contributed by atoms with Crippen LogP contribution < -0.4 is 5.73 Å². The molecule has 0 spiro atoms. The normalized spacial score (nSPS) is 19.0. The Hall–Kier alpha value is -1.39. The Morgan fingerprint density at radius 2 is 2.22 bits per heavy atom. The molecule has 18 heavy (non-hydrogen) atoms. The molecule has 1 saturated heterocycles. The van der Waals surface area contributed by atoms with E-state index in [0.29, 0.717) is 0 Å². The highest BCUT2D eigenvalue weighted by Crippen LogP contribution is 2.24. The third-order valence-electron chi connectivity index (χ3n) is 3.62. The van der Waals surface area contributed by atoms with Crippen LogP contribution in [0.2, 0.25) is 0 Å². The summed E-state index contributed by atoms with van der Waals surface area (Å²) in [7, 11) is 0. The fourth-order valence-electron chi connectivity index (χ4n) is 2.90. The van der Waals surface area contributed by atoms with Gasteiger partial charge in [0.05, 0.1) is 5.69 Å². The first kappa shape index (κ1) is 11.7. The molecule has 0 radical (unpaired) electrons. The SMILES string of the molecule is CCCC1(N)CN(Cc2cn3ccccc3n2)C1. The van der Waals surface area contributed by atoms with Gasteiger partial charge in [0.2, 0.25) is 0 Å². The lowest BCUT2D eigenvalue weighted by molar-refractivity contribution is 0.0558. The van der Waals surface area contributed by atoms with E-state index in [1.54, 1.807) is 0 Å². The van der Waals surface area contributed by atoms with Crippen LogP contribution in [0.1, 0.15) is 25.5 Å². The second kappa shape index (κ2) is 4.37. The highest BCUT2D eigenvalue weighted by molar-refractivity contribution is 5.39. The lowest BCUT2D eigenvalue weighted by atomic mass is 9.86. The lowest BCUT2D eigenvalue weighted by Gasteiger charge is -2.47. The molecule has 1 aliphatic heterocycles. The maximum absolute atomic E-state index is 6.27. The topological polar surface area (TPSA) is 46.6 Å². The largest absolute Gasteiger partial charge is 0.323 e. The zero-order chi connectivity index (χ0) is 12.6. The van der Waals surface area contributed by atoms with Gasteiger partial charge < -0.3 is 10.1 Å². The van der Waals surface area contributed by atoms with Crippen LogP contribution in [0.5, 0.6) is 0 Å². The molecule has 4 heteroatoms. The number of rotatable bonds is 4. The van der Waals surface area contributed by atoms with Crippen molar-refractivity contribution in [1.29, 1.82) is 0 Å². The Balaban J connectivity index is 1.64. The minimum Gasteiger partial charge on any atom is -0.323 e. The van der Waals surface area contributed by atoms with Gasteiger partial charge in [-0.05, 0) is 18.6 Å². The van der Waals surface area contributed by atoms with Crippen molar-refractivity contribution in [3.63, 3.8) is 0 Å². The van der Waals surface area contributed by atoms with Gasteiger partial charge in [0.1, 0.15) is 5.65 Å². The summed E-state index contributed by atoms with van der Waals surface area (Å²) in [4.78, 5) is 6.98. The van der Waals surface area contributed by atoms with E-state index in [1.807, 2.05) is 24.4 Å². The maximum atomic E-state index is 6.27. The van der Waals surface area contributed by atoms with Crippen LogP contribution in [-0.2, 0) is 6.54 Å². The summed E-state index contributed by atoms with van der Waals surface area (Å²) >= 11 is 0. The number of hydrogen-bond donors (Lipinski definition) is 1. The van der Waals surface area contributed by atoms with Gasteiger partial charge in [0.25, 0.3) is 0 Å². The van der Waals surface area contributed by atoms with E-state index in [4.69, 9.17) is 5.73 Å². The minimum atomic E-state index is 0.0495. The number of nitrogens with zero attached hydrogens (tertiary/aromatic N) is 3. The number of nitrogens with two attached hydrogens (primary N) is 1. The van der Waals surface area contributed by atoms with E-state index in [0.717, 1.165) is 37.4 Å². The van der Waals surface area contributed by atoms with Gasteiger partial charge in [0.15, 0.2) is 0 Å². The average Bonchev–Trinajstić information content (AvgIpc) is 2.69. The molecule has 2 aromatic rings. The Kier molecular flexibility index (Phi) is 2.84. The van der Waals surface area contributed by atoms with Crippen molar-refractivity contribution >= 4 is 5.65 Å². The second-order valence-corrected chi connectivity index (χ2v) is 5.46. The van der Waals surface area contributed by atoms with E-state index in [1.165, 1.54) is 6.42 Å². The van der Waals surface area contributed by atoms with Gasteiger partial charge in [-0.25, -0.2) is 4.98 Å². The van der Waals surface area contributed by atoms with Crippen molar-refractivity contribution in [2.24, 2.45) is 5.73 Å². The summed E-state index contributed by atoms with van der Waals surface area (Å²) < 4.78 is 2.07. The minimum absolute atomic E-state index is 0.0495. The van der Waals surface area contributed by atoms with Crippen molar-refractivity contribution in [3.8, 4) is 0 Å². The molecule has 0 aromatic carbocycles. The van der Waals surface area contributed by atoms with E-state index in [2.05, 4.69) is 27.4 Å². The van der Waals surface area contributed by atoms with E-state index in [9.17, 15) is 0 Å². The summed E-state index contributed by atoms with van der Waals surface area (Å²) in [5.41, 5.74) is 8.45. The van der Waals surface area contributed by atoms with Crippen molar-refractivity contribution in [1.82, 2.24) is 14.3 Å². The third-order valence-corrected chi connectivity index (χ3v) is 3.62. The molecule has 0 unspecified atom stereocenters. The van der Waals surface area contributed by atoms with Gasteiger partial charge in [-0.15, -0.1) is 0 Å². The molecule has 2 aromatic heterocycles. The van der Waals surface area contributed by atoms with Crippen molar-refractivity contribution in [3.05, 3.63) is 36.3 Å². The Morgan fingerprint density at radius 3 is 2.94 bits per heavy atom. The first-order valence-electron chi connectivity index (χ1n) is 6.62. The molecule has 0 saturated carbocycles. The number of hydrogen-bond acceptors (Lipinski definition) is 3. The molecular weight excluding hydrogens is 224 g/mol. The molecule has 0 amide bonds. The molecule has 0 bridgehead atoms. The molecule has 3 rings (SSSR count). The molecule has 2 N–H and O–H groups in total. The number of likely N-dealkylation sites (tertiary alicyclic amines) is 1. The first-order valence-corrected chi connectivity index (χ1v) is 6.62.